The van der Waals surface area contributed by atoms with Crippen molar-refractivity contribution in [3.8, 4) is 11.5 Å². The lowest BCUT2D eigenvalue weighted by molar-refractivity contribution is 0.0938. The summed E-state index contributed by atoms with van der Waals surface area (Å²) in [5.41, 5.74) is 3.31. The molecule has 25 heavy (non-hydrogen) atoms. The van der Waals surface area contributed by atoms with Gasteiger partial charge in [-0.3, -0.25) is 4.79 Å². The molecule has 1 aliphatic rings. The number of benzene rings is 3. The largest absolute Gasteiger partial charge is 0.457 e. The number of nitrogens with one attached hydrogen (secondary N) is 1. The van der Waals surface area contributed by atoms with Crippen molar-refractivity contribution in [1.82, 2.24) is 5.32 Å². The van der Waals surface area contributed by atoms with Crippen molar-refractivity contribution in [2.24, 2.45) is 0 Å². The first-order valence-corrected chi connectivity index (χ1v) is 8.48. The SMILES string of the molecule is O=C(NC1Cc2ccccc2C1)c1ccc(Oc2ccccc2)cc1. The highest BCUT2D eigenvalue weighted by molar-refractivity contribution is 5.94. The molecule has 3 aromatic rings. The zero-order chi connectivity index (χ0) is 17.1. The van der Waals surface area contributed by atoms with E-state index >= 15 is 0 Å². The molecule has 0 unspecified atom stereocenters. The second-order valence-electron chi connectivity index (χ2n) is 6.29. The van der Waals surface area contributed by atoms with Crippen LogP contribution in [0.25, 0.3) is 0 Å². The van der Waals surface area contributed by atoms with Gasteiger partial charge in [-0.15, -0.1) is 0 Å². The summed E-state index contributed by atoms with van der Waals surface area (Å²) in [7, 11) is 0. The lowest BCUT2D eigenvalue weighted by Gasteiger charge is -2.12. The Bertz CT molecular complexity index is 847. The van der Waals surface area contributed by atoms with Crippen molar-refractivity contribution >= 4 is 5.91 Å². The molecular weight excluding hydrogens is 310 g/mol. The van der Waals surface area contributed by atoms with Gasteiger partial charge in [0, 0.05) is 11.6 Å². The predicted molar refractivity (Wildman–Crippen MR) is 98.1 cm³/mol. The van der Waals surface area contributed by atoms with Crippen molar-refractivity contribution in [2.75, 3.05) is 0 Å². The van der Waals surface area contributed by atoms with Gasteiger partial charge in [0.15, 0.2) is 0 Å². The van der Waals surface area contributed by atoms with Crippen LogP contribution in [-0.4, -0.2) is 11.9 Å². The van der Waals surface area contributed by atoms with E-state index in [2.05, 4.69) is 29.6 Å². The molecule has 1 amide bonds. The molecule has 4 rings (SSSR count). The summed E-state index contributed by atoms with van der Waals surface area (Å²) in [4.78, 5) is 12.5. The maximum Gasteiger partial charge on any atom is 0.251 e. The zero-order valence-corrected chi connectivity index (χ0v) is 13.8. The Balaban J connectivity index is 1.38. The molecule has 3 heteroatoms. The van der Waals surface area contributed by atoms with E-state index in [9.17, 15) is 4.79 Å². The van der Waals surface area contributed by atoms with Crippen LogP contribution in [0.5, 0.6) is 11.5 Å². The fourth-order valence-corrected chi connectivity index (χ4v) is 3.23. The highest BCUT2D eigenvalue weighted by atomic mass is 16.5. The molecule has 0 bridgehead atoms. The van der Waals surface area contributed by atoms with Gasteiger partial charge in [-0.2, -0.15) is 0 Å². The summed E-state index contributed by atoms with van der Waals surface area (Å²) in [6, 6.07) is 25.4. The molecule has 0 radical (unpaired) electrons. The summed E-state index contributed by atoms with van der Waals surface area (Å²) in [6.45, 7) is 0. The van der Waals surface area contributed by atoms with E-state index in [1.54, 1.807) is 12.1 Å². The van der Waals surface area contributed by atoms with Crippen LogP contribution in [0, 0.1) is 0 Å². The predicted octanol–water partition coefficient (Wildman–Crippen LogP) is 4.38. The van der Waals surface area contributed by atoms with Gasteiger partial charge >= 0.3 is 0 Å². The topological polar surface area (TPSA) is 38.3 Å². The van der Waals surface area contributed by atoms with Crippen molar-refractivity contribution in [3.05, 3.63) is 95.6 Å². The second-order valence-corrected chi connectivity index (χ2v) is 6.29. The Morgan fingerprint density at radius 3 is 1.96 bits per heavy atom. The molecule has 1 aliphatic carbocycles. The van der Waals surface area contributed by atoms with Gasteiger partial charge in [-0.05, 0) is 60.4 Å². The minimum Gasteiger partial charge on any atom is -0.457 e. The number of carbonyl (C=O) groups is 1. The van der Waals surface area contributed by atoms with E-state index in [-0.39, 0.29) is 11.9 Å². The normalized spacial score (nSPS) is 13.3. The van der Waals surface area contributed by atoms with E-state index in [4.69, 9.17) is 4.74 Å². The molecule has 3 nitrogen and oxygen atoms in total. The van der Waals surface area contributed by atoms with Crippen molar-refractivity contribution in [3.63, 3.8) is 0 Å². The molecule has 0 aromatic heterocycles. The summed E-state index contributed by atoms with van der Waals surface area (Å²) < 4.78 is 5.76. The summed E-state index contributed by atoms with van der Waals surface area (Å²) in [5.74, 6) is 1.46. The molecule has 3 aromatic carbocycles. The van der Waals surface area contributed by atoms with Crippen LogP contribution >= 0.6 is 0 Å². The van der Waals surface area contributed by atoms with Crippen molar-refractivity contribution in [1.29, 1.82) is 0 Å². The van der Waals surface area contributed by atoms with E-state index in [0.717, 1.165) is 24.3 Å². The second kappa shape index (κ2) is 6.81. The third-order valence-electron chi connectivity index (χ3n) is 4.48. The standard InChI is InChI=1S/C22H19NO2/c24-22(23-19-14-17-6-4-5-7-18(17)15-19)16-10-12-21(13-11-16)25-20-8-2-1-3-9-20/h1-13,19H,14-15H2,(H,23,24). The molecule has 0 aliphatic heterocycles. The average molecular weight is 329 g/mol. The molecule has 0 saturated heterocycles. The van der Waals surface area contributed by atoms with Crippen LogP contribution in [0.3, 0.4) is 0 Å². The summed E-state index contributed by atoms with van der Waals surface area (Å²) >= 11 is 0. The minimum absolute atomic E-state index is 0.0379. The monoisotopic (exact) mass is 329 g/mol. The quantitative estimate of drug-likeness (QED) is 0.771. The van der Waals surface area contributed by atoms with Gasteiger partial charge in [0.25, 0.3) is 5.91 Å². The van der Waals surface area contributed by atoms with Crippen LogP contribution in [-0.2, 0) is 12.8 Å². The average Bonchev–Trinajstić information content (AvgIpc) is 3.05. The molecule has 124 valence electrons. The molecule has 0 spiro atoms. The molecule has 0 heterocycles. The van der Waals surface area contributed by atoms with Crippen molar-refractivity contribution in [2.45, 2.75) is 18.9 Å². The van der Waals surface area contributed by atoms with Crippen LogP contribution < -0.4 is 10.1 Å². The number of amides is 1. The maximum absolute atomic E-state index is 12.5. The number of hydrogen-bond acceptors (Lipinski definition) is 2. The number of rotatable bonds is 4. The van der Waals surface area contributed by atoms with Crippen LogP contribution in [0.4, 0.5) is 0 Å². The Morgan fingerprint density at radius 2 is 1.32 bits per heavy atom. The van der Waals surface area contributed by atoms with Gasteiger partial charge in [0.1, 0.15) is 11.5 Å². The number of para-hydroxylation sites is 1. The Kier molecular flexibility index (Phi) is 4.21. The molecule has 0 atom stereocenters. The van der Waals surface area contributed by atoms with Crippen molar-refractivity contribution < 1.29 is 9.53 Å². The number of hydrogen-bond donors (Lipinski definition) is 1. The van der Waals surface area contributed by atoms with Gasteiger partial charge in [-0.25, -0.2) is 0 Å². The Hall–Kier alpha value is -3.07. The van der Waals surface area contributed by atoms with Crippen LogP contribution in [0.15, 0.2) is 78.9 Å². The summed E-state index contributed by atoms with van der Waals surface area (Å²) in [5, 5.41) is 3.13. The van der Waals surface area contributed by atoms with Gasteiger partial charge < -0.3 is 10.1 Å². The maximum atomic E-state index is 12.5. The van der Waals surface area contributed by atoms with E-state index in [1.165, 1.54) is 11.1 Å². The number of fused-ring (bicyclic) bond motifs is 1. The lowest BCUT2D eigenvalue weighted by atomic mass is 10.1. The first kappa shape index (κ1) is 15.5. The smallest absolute Gasteiger partial charge is 0.251 e. The highest BCUT2D eigenvalue weighted by Crippen LogP contribution is 2.23. The van der Waals surface area contributed by atoms with E-state index < -0.39 is 0 Å². The minimum atomic E-state index is -0.0379. The Labute approximate surface area is 147 Å². The Morgan fingerprint density at radius 1 is 0.760 bits per heavy atom. The first-order valence-electron chi connectivity index (χ1n) is 8.48. The van der Waals surface area contributed by atoms with Gasteiger partial charge in [0.2, 0.25) is 0 Å². The van der Waals surface area contributed by atoms with Gasteiger partial charge in [-0.1, -0.05) is 42.5 Å². The first-order chi connectivity index (χ1) is 12.3. The molecule has 1 N–H and O–H groups in total. The molecular formula is C22H19NO2. The third-order valence-corrected chi connectivity index (χ3v) is 4.48. The van der Waals surface area contributed by atoms with Crippen LogP contribution in [0.2, 0.25) is 0 Å². The third kappa shape index (κ3) is 3.56. The number of carbonyl (C=O) groups excluding carboxylic acids is 1. The number of ether oxygens (including phenoxy) is 1. The van der Waals surface area contributed by atoms with Gasteiger partial charge in [0.05, 0.1) is 0 Å². The highest BCUT2D eigenvalue weighted by Gasteiger charge is 2.22. The van der Waals surface area contributed by atoms with E-state index in [0.29, 0.717) is 5.56 Å². The van der Waals surface area contributed by atoms with E-state index in [1.807, 2.05) is 42.5 Å². The summed E-state index contributed by atoms with van der Waals surface area (Å²) in [6.07, 6.45) is 1.80. The fourth-order valence-electron chi connectivity index (χ4n) is 3.23. The zero-order valence-electron chi connectivity index (χ0n) is 13.8. The lowest BCUT2D eigenvalue weighted by Crippen LogP contribution is -2.35. The fraction of sp³-hybridized carbons (Fsp3) is 0.136. The molecule has 0 saturated carbocycles. The molecule has 0 fully saturated rings. The van der Waals surface area contributed by atoms with Crippen LogP contribution in [0.1, 0.15) is 21.5 Å².